The van der Waals surface area contributed by atoms with Crippen LogP contribution in [0.25, 0.3) is 0 Å². The van der Waals surface area contributed by atoms with Crippen molar-refractivity contribution in [1.29, 1.82) is 0 Å². The van der Waals surface area contributed by atoms with Crippen molar-refractivity contribution in [3.63, 3.8) is 0 Å². The number of hydrogen-bond donors (Lipinski definition) is 1. The van der Waals surface area contributed by atoms with Crippen LogP contribution >= 0.6 is 11.6 Å². The van der Waals surface area contributed by atoms with Crippen LogP contribution in [0, 0.1) is 6.92 Å². The zero-order valence-electron chi connectivity index (χ0n) is 10.9. The smallest absolute Gasteiger partial charge is 0.224 e. The van der Waals surface area contributed by atoms with Crippen molar-refractivity contribution in [2.75, 3.05) is 19.6 Å². The van der Waals surface area contributed by atoms with Gasteiger partial charge in [0.15, 0.2) is 0 Å². The average Bonchev–Trinajstić information content (AvgIpc) is 2.33. The van der Waals surface area contributed by atoms with Crippen molar-refractivity contribution in [3.05, 3.63) is 35.4 Å². The van der Waals surface area contributed by atoms with E-state index in [2.05, 4.69) is 5.32 Å². The van der Waals surface area contributed by atoms with Crippen LogP contribution in [0.15, 0.2) is 24.3 Å². The van der Waals surface area contributed by atoms with Crippen LogP contribution in [0.2, 0.25) is 0 Å². The van der Waals surface area contributed by atoms with E-state index < -0.39 is 0 Å². The zero-order chi connectivity index (χ0) is 13.4. The first kappa shape index (κ1) is 15.0. The number of carbonyl (C=O) groups is 1. The Bertz CT molecular complexity index is 359. The predicted molar refractivity (Wildman–Crippen MR) is 74.0 cm³/mol. The average molecular weight is 270 g/mol. The number of halogens is 1. The lowest BCUT2D eigenvalue weighted by molar-refractivity contribution is -0.121. The third kappa shape index (κ3) is 5.52. The standard InChI is InChI=1S/C14H20ClNO2/c1-11-3-5-12(6-4-11)9-14(17)16-13(7-8-15)10-18-2/h3-6,13H,7-10H2,1-2H3,(H,16,17). The highest BCUT2D eigenvalue weighted by molar-refractivity contribution is 6.17. The van der Waals surface area contributed by atoms with E-state index in [0.29, 0.717) is 18.9 Å². The van der Waals surface area contributed by atoms with Gasteiger partial charge in [-0.25, -0.2) is 0 Å². The van der Waals surface area contributed by atoms with Crippen molar-refractivity contribution in [2.24, 2.45) is 0 Å². The third-order valence-electron chi connectivity index (χ3n) is 2.68. The van der Waals surface area contributed by atoms with Gasteiger partial charge in [-0.3, -0.25) is 4.79 Å². The maximum absolute atomic E-state index is 11.8. The summed E-state index contributed by atoms with van der Waals surface area (Å²) in [6.45, 7) is 2.52. The van der Waals surface area contributed by atoms with E-state index in [1.165, 1.54) is 5.56 Å². The van der Waals surface area contributed by atoms with E-state index in [1.807, 2.05) is 31.2 Å². The molecule has 0 fully saturated rings. The highest BCUT2D eigenvalue weighted by atomic mass is 35.5. The lowest BCUT2D eigenvalue weighted by atomic mass is 10.1. The molecule has 1 atom stereocenters. The van der Waals surface area contributed by atoms with Crippen LogP contribution in [-0.4, -0.2) is 31.5 Å². The number of carbonyl (C=O) groups excluding carboxylic acids is 1. The maximum Gasteiger partial charge on any atom is 0.224 e. The van der Waals surface area contributed by atoms with Gasteiger partial charge in [-0.2, -0.15) is 0 Å². The second kappa shape index (κ2) is 8.11. The molecule has 0 radical (unpaired) electrons. The number of aryl methyl sites for hydroxylation is 1. The summed E-state index contributed by atoms with van der Waals surface area (Å²) in [6.07, 6.45) is 1.11. The summed E-state index contributed by atoms with van der Waals surface area (Å²) in [4.78, 5) is 11.8. The quantitative estimate of drug-likeness (QED) is 0.772. The molecule has 1 aromatic carbocycles. The van der Waals surface area contributed by atoms with Gasteiger partial charge in [0.1, 0.15) is 0 Å². The largest absolute Gasteiger partial charge is 0.383 e. The molecular formula is C14H20ClNO2. The van der Waals surface area contributed by atoms with Crippen molar-refractivity contribution in [2.45, 2.75) is 25.8 Å². The normalized spacial score (nSPS) is 12.2. The van der Waals surface area contributed by atoms with E-state index in [4.69, 9.17) is 16.3 Å². The van der Waals surface area contributed by atoms with Crippen LogP contribution in [0.5, 0.6) is 0 Å². The number of methoxy groups -OCH3 is 1. The minimum Gasteiger partial charge on any atom is -0.383 e. The predicted octanol–water partition coefficient (Wildman–Crippen LogP) is 2.30. The molecular weight excluding hydrogens is 250 g/mol. The first-order valence-electron chi connectivity index (χ1n) is 6.05. The topological polar surface area (TPSA) is 38.3 Å². The Morgan fingerprint density at radius 1 is 1.39 bits per heavy atom. The maximum atomic E-state index is 11.8. The molecule has 0 aliphatic rings. The number of amides is 1. The second-order valence-corrected chi connectivity index (χ2v) is 4.74. The molecule has 0 heterocycles. The van der Waals surface area contributed by atoms with Gasteiger partial charge in [-0.05, 0) is 18.9 Å². The fraction of sp³-hybridized carbons (Fsp3) is 0.500. The Morgan fingerprint density at radius 2 is 2.06 bits per heavy atom. The summed E-state index contributed by atoms with van der Waals surface area (Å²) in [5.41, 5.74) is 2.21. The van der Waals surface area contributed by atoms with Gasteiger partial charge >= 0.3 is 0 Å². The van der Waals surface area contributed by atoms with E-state index in [-0.39, 0.29) is 11.9 Å². The molecule has 3 nitrogen and oxygen atoms in total. The minimum absolute atomic E-state index is 0.00557. The molecule has 4 heteroatoms. The third-order valence-corrected chi connectivity index (χ3v) is 2.89. The number of alkyl halides is 1. The molecule has 0 saturated carbocycles. The van der Waals surface area contributed by atoms with Gasteiger partial charge in [0, 0.05) is 13.0 Å². The summed E-state index contributed by atoms with van der Waals surface area (Å²) >= 11 is 5.69. The van der Waals surface area contributed by atoms with Crippen LogP contribution in [0.3, 0.4) is 0 Å². The first-order valence-corrected chi connectivity index (χ1v) is 6.59. The van der Waals surface area contributed by atoms with Crippen LogP contribution < -0.4 is 5.32 Å². The van der Waals surface area contributed by atoms with Gasteiger partial charge in [0.25, 0.3) is 0 Å². The Balaban J connectivity index is 2.46. The number of rotatable bonds is 7. The van der Waals surface area contributed by atoms with E-state index >= 15 is 0 Å². The fourth-order valence-corrected chi connectivity index (χ4v) is 1.96. The monoisotopic (exact) mass is 269 g/mol. The fourth-order valence-electron chi connectivity index (χ4n) is 1.70. The highest BCUT2D eigenvalue weighted by Gasteiger charge is 2.11. The van der Waals surface area contributed by atoms with E-state index in [9.17, 15) is 4.79 Å². The lowest BCUT2D eigenvalue weighted by Gasteiger charge is -2.16. The summed E-state index contributed by atoms with van der Waals surface area (Å²) in [6, 6.07) is 7.96. The molecule has 0 bridgehead atoms. The van der Waals surface area contributed by atoms with Crippen LogP contribution in [0.1, 0.15) is 17.5 Å². The molecule has 0 saturated heterocycles. The molecule has 0 aliphatic carbocycles. The molecule has 18 heavy (non-hydrogen) atoms. The Kier molecular flexibility index (Phi) is 6.76. The molecule has 1 amide bonds. The molecule has 1 rings (SSSR count). The molecule has 1 N–H and O–H groups in total. The van der Waals surface area contributed by atoms with Crippen LogP contribution in [0.4, 0.5) is 0 Å². The van der Waals surface area contributed by atoms with Crippen molar-refractivity contribution in [3.8, 4) is 0 Å². The Hall–Kier alpha value is -1.06. The van der Waals surface area contributed by atoms with Gasteiger partial charge in [-0.1, -0.05) is 29.8 Å². The van der Waals surface area contributed by atoms with E-state index in [0.717, 1.165) is 12.0 Å². The molecule has 100 valence electrons. The van der Waals surface area contributed by atoms with Crippen molar-refractivity contribution >= 4 is 17.5 Å². The highest BCUT2D eigenvalue weighted by Crippen LogP contribution is 2.04. The van der Waals surface area contributed by atoms with Gasteiger partial charge in [-0.15, -0.1) is 11.6 Å². The summed E-state index contributed by atoms with van der Waals surface area (Å²) in [5.74, 6) is 0.518. The zero-order valence-corrected chi connectivity index (χ0v) is 11.7. The summed E-state index contributed by atoms with van der Waals surface area (Å²) in [7, 11) is 1.62. The second-order valence-electron chi connectivity index (χ2n) is 4.36. The SMILES string of the molecule is COCC(CCCl)NC(=O)Cc1ccc(C)cc1. The van der Waals surface area contributed by atoms with Crippen molar-refractivity contribution in [1.82, 2.24) is 5.32 Å². The molecule has 0 spiro atoms. The number of nitrogens with one attached hydrogen (secondary N) is 1. The minimum atomic E-state index is -0.00884. The van der Waals surface area contributed by atoms with Crippen molar-refractivity contribution < 1.29 is 9.53 Å². The molecule has 1 unspecified atom stereocenters. The van der Waals surface area contributed by atoms with Gasteiger partial charge < -0.3 is 10.1 Å². The summed E-state index contributed by atoms with van der Waals surface area (Å²) < 4.78 is 5.05. The lowest BCUT2D eigenvalue weighted by Crippen LogP contribution is -2.39. The van der Waals surface area contributed by atoms with Gasteiger partial charge in [0.2, 0.25) is 5.91 Å². The molecule has 0 aromatic heterocycles. The number of hydrogen-bond acceptors (Lipinski definition) is 2. The van der Waals surface area contributed by atoms with E-state index in [1.54, 1.807) is 7.11 Å². The Morgan fingerprint density at radius 3 is 2.61 bits per heavy atom. The Labute approximate surface area is 113 Å². The van der Waals surface area contributed by atoms with Crippen LogP contribution in [-0.2, 0) is 16.0 Å². The number of ether oxygens (including phenoxy) is 1. The van der Waals surface area contributed by atoms with Gasteiger partial charge in [0.05, 0.1) is 19.1 Å². The summed E-state index contributed by atoms with van der Waals surface area (Å²) in [5, 5.41) is 2.93. The number of benzene rings is 1. The molecule has 0 aliphatic heterocycles. The first-order chi connectivity index (χ1) is 8.65. The molecule has 1 aromatic rings.